The predicted molar refractivity (Wildman–Crippen MR) is 114 cm³/mol. The van der Waals surface area contributed by atoms with Gasteiger partial charge in [-0.2, -0.15) is 0 Å². The Hall–Kier alpha value is -4.93. The average molecular weight is 470 g/mol. The van der Waals surface area contributed by atoms with Crippen molar-refractivity contribution in [1.29, 1.82) is 0 Å². The van der Waals surface area contributed by atoms with Crippen molar-refractivity contribution in [1.82, 2.24) is 0 Å². The summed E-state index contributed by atoms with van der Waals surface area (Å²) in [5.41, 5.74) is -0.544. The average Bonchev–Trinajstić information content (AvgIpc) is 2.77. The Labute approximate surface area is 191 Å². The van der Waals surface area contributed by atoms with Crippen molar-refractivity contribution < 1.29 is 54.5 Å². The number of hydrogen-bond donors (Lipinski definition) is 6. The van der Waals surface area contributed by atoms with Crippen LogP contribution in [0.1, 0.15) is 43.6 Å². The highest BCUT2D eigenvalue weighted by atomic mass is 16.5. The minimum atomic E-state index is -1.21. The number of esters is 2. The summed E-state index contributed by atoms with van der Waals surface area (Å²) in [5.74, 6) is -8.31. The van der Waals surface area contributed by atoms with Gasteiger partial charge in [-0.25, -0.2) is 9.59 Å². The fourth-order valence-corrected chi connectivity index (χ4v) is 2.86. The van der Waals surface area contributed by atoms with Crippen molar-refractivity contribution in [2.45, 2.75) is 13.8 Å². The summed E-state index contributed by atoms with van der Waals surface area (Å²) in [6.07, 6.45) is 0. The number of carbonyl (C=O) groups excluding carboxylic acids is 3. The van der Waals surface area contributed by atoms with Crippen LogP contribution in [0, 0.1) is 6.92 Å². The van der Waals surface area contributed by atoms with E-state index in [4.69, 9.17) is 9.47 Å². The zero-order chi connectivity index (χ0) is 25.3. The molecule has 3 aromatic carbocycles. The minimum absolute atomic E-state index is 0.0614. The lowest BCUT2D eigenvalue weighted by atomic mass is 10.1. The molecule has 3 rings (SSSR count). The van der Waals surface area contributed by atoms with Crippen LogP contribution in [0.15, 0.2) is 36.4 Å². The summed E-state index contributed by atoms with van der Waals surface area (Å²) in [6.45, 7) is 2.60. The fourth-order valence-electron chi connectivity index (χ4n) is 2.86. The van der Waals surface area contributed by atoms with E-state index in [1.807, 2.05) is 0 Å². The van der Waals surface area contributed by atoms with Gasteiger partial charge in [-0.1, -0.05) is 0 Å². The molecule has 0 saturated heterocycles. The lowest BCUT2D eigenvalue weighted by molar-refractivity contribution is 0.0707. The van der Waals surface area contributed by atoms with Gasteiger partial charge in [0.1, 0.15) is 0 Å². The molecule has 3 aromatic rings. The number of Topliss-reactive ketones (excluding diaryl/α,β-unsaturated/α-hetero) is 1. The standard InChI is InChI=1S/C23H18O11/c1-9-3-12(5-14(25)19(9)28)22(31)34-18-8-13(6-16(27)21(18)30)23(32)33-17-7-11(10(2)24)4-15(26)20(17)29/h3-8,25-30H,1-2H3. The summed E-state index contributed by atoms with van der Waals surface area (Å²) < 4.78 is 10.0. The van der Waals surface area contributed by atoms with Crippen molar-refractivity contribution in [2.24, 2.45) is 0 Å². The second-order valence-corrected chi connectivity index (χ2v) is 7.18. The van der Waals surface area contributed by atoms with Gasteiger partial charge < -0.3 is 40.1 Å². The molecule has 0 atom stereocenters. The highest BCUT2D eigenvalue weighted by Crippen LogP contribution is 2.40. The maximum atomic E-state index is 12.6. The Morgan fingerprint density at radius 3 is 1.41 bits per heavy atom. The van der Waals surface area contributed by atoms with Crippen molar-refractivity contribution in [2.75, 3.05) is 0 Å². The number of carbonyl (C=O) groups is 3. The zero-order valence-corrected chi connectivity index (χ0v) is 17.7. The number of aryl methyl sites for hydroxylation is 1. The lowest BCUT2D eigenvalue weighted by Crippen LogP contribution is -2.12. The molecule has 0 aliphatic rings. The molecule has 34 heavy (non-hydrogen) atoms. The van der Waals surface area contributed by atoms with E-state index in [2.05, 4.69) is 0 Å². The number of phenolic OH excluding ortho intramolecular Hbond substituents is 6. The smallest absolute Gasteiger partial charge is 0.343 e. The SMILES string of the molecule is CC(=O)c1cc(O)c(O)c(OC(=O)c2cc(O)c(O)c(OC(=O)c3cc(C)c(O)c(O)c3)c2)c1. The number of hydrogen-bond acceptors (Lipinski definition) is 11. The first-order valence-electron chi connectivity index (χ1n) is 9.48. The quantitative estimate of drug-likeness (QED) is 0.139. The zero-order valence-electron chi connectivity index (χ0n) is 17.7. The molecule has 0 heterocycles. The molecule has 0 fully saturated rings. The van der Waals surface area contributed by atoms with E-state index in [-0.39, 0.29) is 16.7 Å². The number of phenols is 6. The Kier molecular flexibility index (Phi) is 6.21. The lowest BCUT2D eigenvalue weighted by Gasteiger charge is -2.12. The van der Waals surface area contributed by atoms with Gasteiger partial charge in [-0.05, 0) is 55.8 Å². The monoisotopic (exact) mass is 470 g/mol. The first-order chi connectivity index (χ1) is 15.9. The van der Waals surface area contributed by atoms with Crippen molar-refractivity contribution >= 4 is 17.7 Å². The summed E-state index contributed by atoms with van der Waals surface area (Å²) in [6, 6.07) is 5.74. The third-order valence-corrected chi connectivity index (χ3v) is 4.67. The van der Waals surface area contributed by atoms with E-state index in [9.17, 15) is 45.0 Å². The van der Waals surface area contributed by atoms with Crippen LogP contribution in [-0.2, 0) is 0 Å². The van der Waals surface area contributed by atoms with Crippen LogP contribution in [0.4, 0.5) is 0 Å². The topological polar surface area (TPSA) is 191 Å². The molecule has 0 amide bonds. The first kappa shape index (κ1) is 23.7. The van der Waals surface area contributed by atoms with Gasteiger partial charge in [0.2, 0.25) is 11.5 Å². The molecule has 0 saturated carbocycles. The molecule has 0 aliphatic carbocycles. The second kappa shape index (κ2) is 8.90. The molecule has 11 heteroatoms. The normalized spacial score (nSPS) is 10.5. The Morgan fingerprint density at radius 1 is 0.588 bits per heavy atom. The van der Waals surface area contributed by atoms with E-state index in [0.29, 0.717) is 0 Å². The number of ketones is 1. The van der Waals surface area contributed by atoms with E-state index in [1.165, 1.54) is 19.9 Å². The van der Waals surface area contributed by atoms with Crippen LogP contribution >= 0.6 is 0 Å². The Balaban J connectivity index is 1.92. The molecule has 6 N–H and O–H groups in total. The maximum Gasteiger partial charge on any atom is 0.343 e. The molecule has 176 valence electrons. The van der Waals surface area contributed by atoms with Crippen molar-refractivity contribution in [3.8, 4) is 46.0 Å². The Morgan fingerprint density at radius 2 is 0.971 bits per heavy atom. The van der Waals surface area contributed by atoms with Gasteiger partial charge in [0, 0.05) is 5.56 Å². The molecular weight excluding hydrogens is 452 g/mol. The van der Waals surface area contributed by atoms with Crippen LogP contribution in [-0.4, -0.2) is 48.4 Å². The Bertz CT molecular complexity index is 1320. The van der Waals surface area contributed by atoms with Gasteiger partial charge >= 0.3 is 11.9 Å². The van der Waals surface area contributed by atoms with Gasteiger partial charge in [-0.15, -0.1) is 0 Å². The largest absolute Gasteiger partial charge is 0.504 e. The van der Waals surface area contributed by atoms with E-state index in [0.717, 1.165) is 30.3 Å². The summed E-state index contributed by atoms with van der Waals surface area (Å²) in [5, 5.41) is 59.0. The number of rotatable bonds is 5. The van der Waals surface area contributed by atoms with E-state index < -0.39 is 69.3 Å². The summed E-state index contributed by atoms with van der Waals surface area (Å²) in [4.78, 5) is 36.5. The van der Waals surface area contributed by atoms with E-state index >= 15 is 0 Å². The van der Waals surface area contributed by atoms with Gasteiger partial charge in [-0.3, -0.25) is 4.79 Å². The van der Waals surface area contributed by atoms with Crippen LogP contribution in [0.3, 0.4) is 0 Å². The molecule has 11 nitrogen and oxygen atoms in total. The third-order valence-electron chi connectivity index (χ3n) is 4.67. The maximum absolute atomic E-state index is 12.6. The number of ether oxygens (including phenoxy) is 2. The first-order valence-corrected chi connectivity index (χ1v) is 9.48. The summed E-state index contributed by atoms with van der Waals surface area (Å²) >= 11 is 0. The molecule has 0 bridgehead atoms. The van der Waals surface area contributed by atoms with Crippen molar-refractivity contribution in [3.63, 3.8) is 0 Å². The second-order valence-electron chi connectivity index (χ2n) is 7.18. The third kappa shape index (κ3) is 4.63. The van der Waals surface area contributed by atoms with Crippen LogP contribution in [0.5, 0.6) is 46.0 Å². The number of aromatic hydroxyl groups is 6. The molecule has 0 radical (unpaired) electrons. The highest BCUT2D eigenvalue weighted by Gasteiger charge is 2.22. The van der Waals surface area contributed by atoms with Crippen LogP contribution < -0.4 is 9.47 Å². The highest BCUT2D eigenvalue weighted by molar-refractivity contribution is 5.97. The van der Waals surface area contributed by atoms with Gasteiger partial charge in [0.25, 0.3) is 0 Å². The van der Waals surface area contributed by atoms with Crippen LogP contribution in [0.25, 0.3) is 0 Å². The molecule has 0 aliphatic heterocycles. The van der Waals surface area contributed by atoms with Crippen LogP contribution in [0.2, 0.25) is 0 Å². The number of benzene rings is 3. The van der Waals surface area contributed by atoms with Gasteiger partial charge in [0.15, 0.2) is 40.3 Å². The molecule has 0 aromatic heterocycles. The van der Waals surface area contributed by atoms with E-state index in [1.54, 1.807) is 0 Å². The molecular formula is C23H18O11. The predicted octanol–water partition coefficient (Wildman–Crippen LogP) is 2.87. The summed E-state index contributed by atoms with van der Waals surface area (Å²) in [7, 11) is 0. The van der Waals surface area contributed by atoms with Gasteiger partial charge in [0.05, 0.1) is 11.1 Å². The fraction of sp³-hybridized carbons (Fsp3) is 0.0870. The molecule has 0 unspecified atom stereocenters. The minimum Gasteiger partial charge on any atom is -0.504 e. The van der Waals surface area contributed by atoms with Crippen molar-refractivity contribution in [3.05, 3.63) is 58.7 Å². The molecule has 0 spiro atoms.